The fourth-order valence-electron chi connectivity index (χ4n) is 1.74. The van der Waals surface area contributed by atoms with Crippen LogP contribution in [-0.2, 0) is 28.8 Å². The van der Waals surface area contributed by atoms with E-state index in [4.69, 9.17) is 54.8 Å². The van der Waals surface area contributed by atoms with Crippen LogP contribution in [0.15, 0.2) is 0 Å². The number of rotatable bonds is 13. The van der Waals surface area contributed by atoms with Crippen molar-refractivity contribution in [1.29, 1.82) is 0 Å². The van der Waals surface area contributed by atoms with Gasteiger partial charge in [0.2, 0.25) is 11.8 Å². The van der Waals surface area contributed by atoms with Gasteiger partial charge < -0.3 is 54.8 Å². The fraction of sp³-hybridized carbons (Fsp3) is 0.714. The Morgan fingerprint density at radius 2 is 0.865 bits per heavy atom. The number of nitrogens with two attached hydrogens (primary N) is 6. The number of carboxylic acid groups (broad SMARTS) is 4. The van der Waals surface area contributed by atoms with Crippen molar-refractivity contribution in [3.8, 4) is 0 Å². The molecule has 16 heteroatoms. The smallest absolute Gasteiger partial charge is 0.320 e. The summed E-state index contributed by atoms with van der Waals surface area (Å²) in [6, 6.07) is -3.36. The molecule has 4 atom stereocenters. The van der Waals surface area contributed by atoms with Crippen molar-refractivity contribution in [3.05, 3.63) is 0 Å². The van der Waals surface area contributed by atoms with Gasteiger partial charge in [0.05, 0.1) is 0 Å². The van der Waals surface area contributed by atoms with E-state index in [0.29, 0.717) is 12.3 Å². The van der Waals surface area contributed by atoms with Crippen LogP contribution in [0.1, 0.15) is 59.8 Å². The van der Waals surface area contributed by atoms with Gasteiger partial charge in [-0.15, -0.1) is 0 Å². The van der Waals surface area contributed by atoms with Crippen LogP contribution in [0.4, 0.5) is 0 Å². The monoisotopic (exact) mass is 540 g/mol. The molecule has 0 radical (unpaired) electrons. The van der Waals surface area contributed by atoms with Gasteiger partial charge in [-0.1, -0.05) is 27.7 Å². The van der Waals surface area contributed by atoms with Gasteiger partial charge >= 0.3 is 23.9 Å². The molecule has 0 aromatic heterocycles. The highest BCUT2D eigenvalue weighted by molar-refractivity contribution is 5.77. The third kappa shape index (κ3) is 32.7. The molecule has 0 aromatic carbocycles. The van der Waals surface area contributed by atoms with Gasteiger partial charge in [-0.3, -0.25) is 28.8 Å². The topological polar surface area (TPSA) is 339 Å². The van der Waals surface area contributed by atoms with Crippen LogP contribution in [0.5, 0.6) is 0 Å². The van der Waals surface area contributed by atoms with Crippen LogP contribution in [-0.4, -0.2) is 80.3 Å². The number of carbonyl (C=O) groups is 6. The molecule has 0 unspecified atom stereocenters. The standard InChI is InChI=1S/C6H13NO2.2C5H10N2O3.C5H11NO2/c1-4(2)3-5(7)6(8)9;2*6-3(5(9)10)1-2-4(7)8;1-3(2)4(6)5(7)8/h4-5H,3,7H2,1-2H3,(H,8,9);2*3H,1-2,6H2,(H2,7,8)(H,9,10);3-4H,6H2,1-2H3,(H,7,8)/t5-;2*3-;4-/m0000/s1. The zero-order chi connectivity index (χ0) is 30.5. The molecule has 0 aliphatic heterocycles. The van der Waals surface area contributed by atoms with Crippen molar-refractivity contribution in [2.24, 2.45) is 46.2 Å². The van der Waals surface area contributed by atoms with Gasteiger partial charge in [0.1, 0.15) is 24.2 Å². The molecule has 0 bridgehead atoms. The number of primary amides is 2. The van der Waals surface area contributed by atoms with E-state index in [9.17, 15) is 28.8 Å². The van der Waals surface area contributed by atoms with E-state index in [-0.39, 0.29) is 31.6 Å². The van der Waals surface area contributed by atoms with Crippen LogP contribution in [0.2, 0.25) is 0 Å². The molecule has 0 aliphatic carbocycles. The molecule has 0 aromatic rings. The van der Waals surface area contributed by atoms with Gasteiger partial charge in [0.15, 0.2) is 0 Å². The van der Waals surface area contributed by atoms with Crippen LogP contribution < -0.4 is 34.4 Å². The first-order valence-corrected chi connectivity index (χ1v) is 11.2. The lowest BCUT2D eigenvalue weighted by Crippen LogP contribution is -2.34. The molecule has 2 amide bonds. The number of carbonyl (C=O) groups excluding carboxylic acids is 2. The molecule has 218 valence electrons. The van der Waals surface area contributed by atoms with Crippen LogP contribution in [0.3, 0.4) is 0 Å². The summed E-state index contributed by atoms with van der Waals surface area (Å²) in [5, 5.41) is 33.0. The molecule has 0 saturated heterocycles. The summed E-state index contributed by atoms with van der Waals surface area (Å²) in [6.45, 7) is 7.45. The van der Waals surface area contributed by atoms with E-state index in [2.05, 4.69) is 0 Å². The molecule has 0 spiro atoms. The summed E-state index contributed by atoms with van der Waals surface area (Å²) in [5.41, 5.74) is 30.0. The Morgan fingerprint density at radius 3 is 0.973 bits per heavy atom. The van der Waals surface area contributed by atoms with Gasteiger partial charge in [0.25, 0.3) is 0 Å². The minimum Gasteiger partial charge on any atom is -0.480 e. The molecule has 0 saturated carbocycles. The maximum atomic E-state index is 10.1. The van der Waals surface area contributed by atoms with Crippen molar-refractivity contribution in [2.45, 2.75) is 84.0 Å². The Kier molecular flexibility index (Phi) is 25.5. The predicted molar refractivity (Wildman–Crippen MR) is 134 cm³/mol. The third-order valence-electron chi connectivity index (χ3n) is 4.08. The number of hydrogen-bond donors (Lipinski definition) is 10. The number of hydrogen-bond acceptors (Lipinski definition) is 10. The SMILES string of the molecule is CC(C)C[C@H](N)C(=O)O.CC(C)[C@H](N)C(=O)O.NC(=O)CC[C@H](N)C(=O)O.NC(=O)CC[C@H](N)C(=O)O. The molecular weight excluding hydrogens is 496 g/mol. The molecule has 0 fully saturated rings. The second-order valence-corrected chi connectivity index (χ2v) is 8.58. The molecule has 16 N–H and O–H groups in total. The Morgan fingerprint density at radius 1 is 0.568 bits per heavy atom. The zero-order valence-corrected chi connectivity index (χ0v) is 21.7. The average Bonchev–Trinajstić information content (AvgIpc) is 2.75. The Bertz CT molecular complexity index is 684. The molecule has 16 nitrogen and oxygen atoms in total. The first-order valence-electron chi connectivity index (χ1n) is 11.2. The number of aliphatic carboxylic acids is 4. The first kappa shape index (κ1) is 40.8. The van der Waals surface area contributed by atoms with E-state index in [1.54, 1.807) is 13.8 Å². The largest absolute Gasteiger partial charge is 0.480 e. The number of carboxylic acids is 4. The average molecular weight is 541 g/mol. The molecule has 0 rings (SSSR count). The van der Waals surface area contributed by atoms with Crippen molar-refractivity contribution in [1.82, 2.24) is 0 Å². The molecule has 0 heterocycles. The van der Waals surface area contributed by atoms with Crippen molar-refractivity contribution in [3.63, 3.8) is 0 Å². The maximum Gasteiger partial charge on any atom is 0.320 e. The Balaban J connectivity index is -0.000000197. The Hall–Kier alpha value is -3.34. The summed E-state index contributed by atoms with van der Waals surface area (Å²) in [6.07, 6.45) is 0.797. The Labute approximate surface area is 215 Å². The van der Waals surface area contributed by atoms with E-state index >= 15 is 0 Å². The first-order chi connectivity index (χ1) is 16.7. The molecular formula is C21H44N6O10. The second kappa shape index (κ2) is 23.1. The summed E-state index contributed by atoms with van der Waals surface area (Å²) in [7, 11) is 0. The molecule has 0 aliphatic rings. The lowest BCUT2D eigenvalue weighted by Gasteiger charge is -2.07. The van der Waals surface area contributed by atoms with Gasteiger partial charge in [-0.05, 0) is 31.1 Å². The highest BCUT2D eigenvalue weighted by atomic mass is 16.4. The highest BCUT2D eigenvalue weighted by Crippen LogP contribution is 2.01. The maximum absolute atomic E-state index is 10.1. The summed E-state index contributed by atoms with van der Waals surface area (Å²) >= 11 is 0. The summed E-state index contributed by atoms with van der Waals surface area (Å²) < 4.78 is 0. The minimum absolute atomic E-state index is 0.0208. The van der Waals surface area contributed by atoms with Crippen LogP contribution in [0.25, 0.3) is 0 Å². The van der Waals surface area contributed by atoms with Crippen molar-refractivity contribution in [2.75, 3.05) is 0 Å². The van der Waals surface area contributed by atoms with Gasteiger partial charge in [-0.25, -0.2) is 0 Å². The van der Waals surface area contributed by atoms with E-state index in [1.807, 2.05) is 13.8 Å². The second-order valence-electron chi connectivity index (χ2n) is 8.58. The minimum atomic E-state index is -1.11. The van der Waals surface area contributed by atoms with E-state index < -0.39 is 59.9 Å². The number of amides is 2. The van der Waals surface area contributed by atoms with E-state index in [1.165, 1.54) is 0 Å². The van der Waals surface area contributed by atoms with Crippen LogP contribution >= 0.6 is 0 Å². The van der Waals surface area contributed by atoms with Gasteiger partial charge in [-0.2, -0.15) is 0 Å². The highest BCUT2D eigenvalue weighted by Gasteiger charge is 2.15. The van der Waals surface area contributed by atoms with Crippen LogP contribution in [0, 0.1) is 11.8 Å². The lowest BCUT2D eigenvalue weighted by molar-refractivity contribution is -0.140. The van der Waals surface area contributed by atoms with Gasteiger partial charge in [0, 0.05) is 12.8 Å². The molecule has 37 heavy (non-hydrogen) atoms. The predicted octanol–water partition coefficient (Wildman–Crippen LogP) is -2.17. The third-order valence-corrected chi connectivity index (χ3v) is 4.08. The quantitative estimate of drug-likeness (QED) is 0.119. The lowest BCUT2D eigenvalue weighted by atomic mass is 10.1. The summed E-state index contributed by atoms with van der Waals surface area (Å²) in [4.78, 5) is 60.4. The normalized spacial score (nSPS) is 13.1. The zero-order valence-electron chi connectivity index (χ0n) is 21.7. The summed E-state index contributed by atoms with van der Waals surface area (Å²) in [5.74, 6) is -4.75. The van der Waals surface area contributed by atoms with Crippen molar-refractivity contribution < 1.29 is 49.2 Å². The van der Waals surface area contributed by atoms with Crippen molar-refractivity contribution >= 4 is 35.7 Å². The van der Waals surface area contributed by atoms with E-state index in [0.717, 1.165) is 0 Å². The fourth-order valence-corrected chi connectivity index (χ4v) is 1.74.